The molecule has 1 N–H and O–H groups in total. The van der Waals surface area contributed by atoms with Crippen LogP contribution in [0.2, 0.25) is 0 Å². The number of nitrogens with one attached hydrogen (secondary N) is 1. The Hall–Kier alpha value is 0.0500. The number of ether oxygens (including phenoxy) is 1. The second-order valence-corrected chi connectivity index (χ2v) is 6.82. The van der Waals surface area contributed by atoms with Crippen LogP contribution in [0.5, 0.6) is 0 Å². The van der Waals surface area contributed by atoms with Crippen LogP contribution in [0.15, 0.2) is 32.0 Å². The van der Waals surface area contributed by atoms with Gasteiger partial charge in [-0.3, -0.25) is 0 Å². The van der Waals surface area contributed by atoms with Crippen LogP contribution in [-0.2, 0) is 14.8 Å². The summed E-state index contributed by atoms with van der Waals surface area (Å²) in [5, 5.41) is 0. The van der Waals surface area contributed by atoms with E-state index >= 15 is 0 Å². The Morgan fingerprint density at radius 2 is 2.06 bits per heavy atom. The van der Waals surface area contributed by atoms with Crippen molar-refractivity contribution in [1.29, 1.82) is 0 Å². The van der Waals surface area contributed by atoms with Crippen molar-refractivity contribution in [2.24, 2.45) is 0 Å². The highest BCUT2D eigenvalue weighted by Crippen LogP contribution is 2.25. The van der Waals surface area contributed by atoms with Gasteiger partial charge in [0.05, 0.1) is 4.90 Å². The third-order valence-corrected chi connectivity index (χ3v) is 4.93. The molecule has 0 aliphatic heterocycles. The molecule has 0 spiro atoms. The maximum atomic E-state index is 11.9. The maximum absolute atomic E-state index is 11.9. The number of sulfonamides is 1. The van der Waals surface area contributed by atoms with Crippen LogP contribution in [-0.4, -0.2) is 28.7 Å². The third-order valence-electron chi connectivity index (χ3n) is 2.00. The standard InChI is InChI=1S/C10H13Br2NO3S/c1-16-6-2-5-13-17(14,15)10-4-3-8(11)7-9(10)12/h3-4,7,13H,2,5-6H2,1H3. The first-order chi connectivity index (χ1) is 7.97. The molecule has 1 rings (SSSR count). The Kier molecular flexibility index (Phi) is 6.08. The number of rotatable bonds is 6. The highest BCUT2D eigenvalue weighted by molar-refractivity contribution is 9.11. The molecule has 7 heteroatoms. The molecule has 0 aliphatic carbocycles. The predicted octanol–water partition coefficient (Wildman–Crippen LogP) is 2.53. The average molecular weight is 387 g/mol. The monoisotopic (exact) mass is 385 g/mol. The van der Waals surface area contributed by atoms with Crippen LogP contribution in [0, 0.1) is 0 Å². The van der Waals surface area contributed by atoms with Crippen molar-refractivity contribution in [3.63, 3.8) is 0 Å². The molecule has 0 aromatic heterocycles. The second kappa shape index (κ2) is 6.84. The van der Waals surface area contributed by atoms with E-state index < -0.39 is 10.0 Å². The van der Waals surface area contributed by atoms with Gasteiger partial charge in [0.2, 0.25) is 10.0 Å². The molecule has 1 aromatic rings. The third kappa shape index (κ3) is 4.67. The summed E-state index contributed by atoms with van der Waals surface area (Å²) in [6, 6.07) is 4.94. The quantitative estimate of drug-likeness (QED) is 0.764. The highest BCUT2D eigenvalue weighted by Gasteiger charge is 2.16. The average Bonchev–Trinajstić information content (AvgIpc) is 2.24. The Balaban J connectivity index is 2.76. The fourth-order valence-electron chi connectivity index (χ4n) is 1.19. The molecule has 0 unspecified atom stereocenters. The van der Waals surface area contributed by atoms with Crippen LogP contribution < -0.4 is 4.72 Å². The topological polar surface area (TPSA) is 55.4 Å². The Morgan fingerprint density at radius 3 is 2.65 bits per heavy atom. The molecule has 0 atom stereocenters. The Bertz CT molecular complexity index is 476. The van der Waals surface area contributed by atoms with Gasteiger partial charge < -0.3 is 4.74 Å². The lowest BCUT2D eigenvalue weighted by molar-refractivity contribution is 0.196. The summed E-state index contributed by atoms with van der Waals surface area (Å²) < 4.78 is 32.6. The molecular formula is C10H13Br2NO3S. The molecule has 0 saturated carbocycles. The zero-order chi connectivity index (χ0) is 12.9. The van der Waals surface area contributed by atoms with E-state index in [2.05, 4.69) is 36.6 Å². The largest absolute Gasteiger partial charge is 0.385 e. The van der Waals surface area contributed by atoms with Gasteiger partial charge in [-0.2, -0.15) is 0 Å². The van der Waals surface area contributed by atoms with Gasteiger partial charge in [0.1, 0.15) is 0 Å². The normalized spacial score (nSPS) is 11.7. The molecule has 17 heavy (non-hydrogen) atoms. The number of methoxy groups -OCH3 is 1. The fraction of sp³-hybridized carbons (Fsp3) is 0.400. The molecule has 0 bridgehead atoms. The van der Waals surface area contributed by atoms with E-state index in [0.717, 1.165) is 4.47 Å². The van der Waals surface area contributed by atoms with Crippen molar-refractivity contribution in [2.45, 2.75) is 11.3 Å². The number of hydrogen-bond donors (Lipinski definition) is 1. The van der Waals surface area contributed by atoms with Gasteiger partial charge >= 0.3 is 0 Å². The lowest BCUT2D eigenvalue weighted by Crippen LogP contribution is -2.25. The van der Waals surface area contributed by atoms with Gasteiger partial charge in [-0.1, -0.05) is 15.9 Å². The Labute approximate surface area is 118 Å². The van der Waals surface area contributed by atoms with Crippen LogP contribution in [0.1, 0.15) is 6.42 Å². The first kappa shape index (κ1) is 15.1. The summed E-state index contributed by atoms with van der Waals surface area (Å²) in [6.45, 7) is 0.892. The smallest absolute Gasteiger partial charge is 0.241 e. The van der Waals surface area contributed by atoms with Crippen molar-refractivity contribution in [2.75, 3.05) is 20.3 Å². The molecular weight excluding hydrogens is 374 g/mol. The molecule has 0 aliphatic rings. The lowest BCUT2D eigenvalue weighted by atomic mass is 10.4. The summed E-state index contributed by atoms with van der Waals surface area (Å²) >= 11 is 6.51. The maximum Gasteiger partial charge on any atom is 0.241 e. The van der Waals surface area contributed by atoms with Gasteiger partial charge in [-0.05, 0) is 40.5 Å². The number of halogens is 2. The lowest BCUT2D eigenvalue weighted by Gasteiger charge is -2.08. The van der Waals surface area contributed by atoms with Gasteiger partial charge in [-0.25, -0.2) is 13.1 Å². The molecule has 4 nitrogen and oxygen atoms in total. The zero-order valence-electron chi connectivity index (χ0n) is 9.24. The van der Waals surface area contributed by atoms with E-state index in [4.69, 9.17) is 4.74 Å². The summed E-state index contributed by atoms with van der Waals surface area (Å²) in [5.74, 6) is 0. The highest BCUT2D eigenvalue weighted by atomic mass is 79.9. The van der Waals surface area contributed by atoms with Gasteiger partial charge in [0, 0.05) is 29.2 Å². The van der Waals surface area contributed by atoms with Crippen LogP contribution >= 0.6 is 31.9 Å². The van der Waals surface area contributed by atoms with Crippen molar-refractivity contribution in [1.82, 2.24) is 4.72 Å². The van der Waals surface area contributed by atoms with E-state index in [1.165, 1.54) is 0 Å². The summed E-state index contributed by atoms with van der Waals surface area (Å²) in [5.41, 5.74) is 0. The minimum Gasteiger partial charge on any atom is -0.385 e. The molecule has 96 valence electrons. The first-order valence-corrected chi connectivity index (χ1v) is 7.98. The summed E-state index contributed by atoms with van der Waals surface area (Å²) in [4.78, 5) is 0.234. The van der Waals surface area contributed by atoms with Gasteiger partial charge in [0.25, 0.3) is 0 Å². The molecule has 0 saturated heterocycles. The molecule has 0 fully saturated rings. The fourth-order valence-corrected chi connectivity index (χ4v) is 4.01. The van der Waals surface area contributed by atoms with Gasteiger partial charge in [0.15, 0.2) is 0 Å². The van der Waals surface area contributed by atoms with Crippen molar-refractivity contribution < 1.29 is 13.2 Å². The van der Waals surface area contributed by atoms with E-state index in [-0.39, 0.29) is 4.90 Å². The molecule has 1 aromatic carbocycles. The number of benzene rings is 1. The van der Waals surface area contributed by atoms with E-state index in [1.807, 2.05) is 0 Å². The molecule has 0 heterocycles. The van der Waals surface area contributed by atoms with Gasteiger partial charge in [-0.15, -0.1) is 0 Å². The molecule has 0 amide bonds. The number of hydrogen-bond acceptors (Lipinski definition) is 3. The first-order valence-electron chi connectivity index (χ1n) is 4.91. The second-order valence-electron chi connectivity index (χ2n) is 3.32. The van der Waals surface area contributed by atoms with Crippen LogP contribution in [0.3, 0.4) is 0 Å². The Morgan fingerprint density at radius 1 is 1.35 bits per heavy atom. The van der Waals surface area contributed by atoms with E-state index in [0.29, 0.717) is 24.0 Å². The minimum absolute atomic E-state index is 0.234. The molecule has 0 radical (unpaired) electrons. The van der Waals surface area contributed by atoms with E-state index in [9.17, 15) is 8.42 Å². The minimum atomic E-state index is -3.46. The predicted molar refractivity (Wildman–Crippen MR) is 73.5 cm³/mol. The van der Waals surface area contributed by atoms with Crippen molar-refractivity contribution >= 4 is 41.9 Å². The van der Waals surface area contributed by atoms with E-state index in [1.54, 1.807) is 25.3 Å². The summed E-state index contributed by atoms with van der Waals surface area (Å²) in [6.07, 6.45) is 0.643. The van der Waals surface area contributed by atoms with Crippen molar-refractivity contribution in [3.8, 4) is 0 Å². The summed E-state index contributed by atoms with van der Waals surface area (Å²) in [7, 11) is -1.88. The zero-order valence-corrected chi connectivity index (χ0v) is 13.2. The van der Waals surface area contributed by atoms with Crippen LogP contribution in [0.25, 0.3) is 0 Å². The van der Waals surface area contributed by atoms with Crippen LogP contribution in [0.4, 0.5) is 0 Å². The SMILES string of the molecule is COCCCNS(=O)(=O)c1ccc(Br)cc1Br. The van der Waals surface area contributed by atoms with Crippen molar-refractivity contribution in [3.05, 3.63) is 27.1 Å².